The SMILES string of the molecule is Cc1nc2c([nH]1)CN(Cc1ccc(Cl)o1)CC2. The number of fused-ring (bicyclic) bond motifs is 1. The normalized spacial score (nSPS) is 16.1. The molecule has 0 bridgehead atoms. The molecule has 5 heteroatoms. The Bertz CT molecular complexity index is 532. The molecule has 0 saturated carbocycles. The van der Waals surface area contributed by atoms with Crippen LogP contribution in [-0.4, -0.2) is 21.4 Å². The molecule has 0 radical (unpaired) electrons. The summed E-state index contributed by atoms with van der Waals surface area (Å²) in [7, 11) is 0. The lowest BCUT2D eigenvalue weighted by Crippen LogP contribution is -2.29. The predicted octanol–water partition coefficient (Wildman–Crippen LogP) is 2.52. The van der Waals surface area contributed by atoms with Gasteiger partial charge in [-0.2, -0.15) is 0 Å². The van der Waals surface area contributed by atoms with E-state index in [9.17, 15) is 0 Å². The summed E-state index contributed by atoms with van der Waals surface area (Å²) in [6.45, 7) is 4.70. The molecule has 0 saturated heterocycles. The molecule has 0 aromatic carbocycles. The van der Waals surface area contributed by atoms with Crippen LogP contribution in [0, 0.1) is 6.92 Å². The second-order valence-electron chi connectivity index (χ2n) is 4.41. The molecule has 0 unspecified atom stereocenters. The van der Waals surface area contributed by atoms with Crippen molar-refractivity contribution in [3.63, 3.8) is 0 Å². The number of halogens is 1. The van der Waals surface area contributed by atoms with Crippen LogP contribution >= 0.6 is 11.6 Å². The molecule has 4 nitrogen and oxygen atoms in total. The van der Waals surface area contributed by atoms with E-state index in [1.807, 2.05) is 13.0 Å². The largest absolute Gasteiger partial charge is 0.448 e. The first-order valence-corrected chi connectivity index (χ1v) is 6.09. The molecular weight excluding hydrogens is 238 g/mol. The van der Waals surface area contributed by atoms with Crippen molar-refractivity contribution in [1.82, 2.24) is 14.9 Å². The number of imidazole rings is 1. The maximum atomic E-state index is 5.76. The van der Waals surface area contributed by atoms with Gasteiger partial charge in [0.15, 0.2) is 5.22 Å². The van der Waals surface area contributed by atoms with E-state index >= 15 is 0 Å². The van der Waals surface area contributed by atoms with Crippen LogP contribution in [-0.2, 0) is 19.5 Å². The van der Waals surface area contributed by atoms with Gasteiger partial charge >= 0.3 is 0 Å². The lowest BCUT2D eigenvalue weighted by atomic mass is 10.1. The Balaban J connectivity index is 1.71. The molecule has 90 valence electrons. The first-order valence-electron chi connectivity index (χ1n) is 5.71. The number of hydrogen-bond donors (Lipinski definition) is 1. The highest BCUT2D eigenvalue weighted by Crippen LogP contribution is 2.20. The number of nitrogens with one attached hydrogen (secondary N) is 1. The molecule has 1 aliphatic rings. The number of aromatic amines is 1. The van der Waals surface area contributed by atoms with E-state index < -0.39 is 0 Å². The van der Waals surface area contributed by atoms with Crippen LogP contribution in [0.5, 0.6) is 0 Å². The Morgan fingerprint density at radius 3 is 3.18 bits per heavy atom. The van der Waals surface area contributed by atoms with Gasteiger partial charge in [0.25, 0.3) is 0 Å². The van der Waals surface area contributed by atoms with Crippen LogP contribution in [0.3, 0.4) is 0 Å². The van der Waals surface area contributed by atoms with Crippen LogP contribution in [0.2, 0.25) is 5.22 Å². The smallest absolute Gasteiger partial charge is 0.193 e. The molecule has 0 aliphatic carbocycles. The van der Waals surface area contributed by atoms with Crippen LogP contribution in [0.15, 0.2) is 16.5 Å². The summed E-state index contributed by atoms with van der Waals surface area (Å²) >= 11 is 5.76. The van der Waals surface area contributed by atoms with Crippen molar-refractivity contribution < 1.29 is 4.42 Å². The van der Waals surface area contributed by atoms with Gasteiger partial charge in [0.05, 0.1) is 17.9 Å². The molecule has 0 fully saturated rings. The Morgan fingerprint density at radius 2 is 2.41 bits per heavy atom. The molecule has 2 aromatic rings. The number of aromatic nitrogens is 2. The molecular formula is C12H14ClN3O. The van der Waals surface area contributed by atoms with Crippen LogP contribution in [0.4, 0.5) is 0 Å². The van der Waals surface area contributed by atoms with Gasteiger partial charge in [-0.25, -0.2) is 4.98 Å². The number of nitrogens with zero attached hydrogens (tertiary/aromatic N) is 2. The van der Waals surface area contributed by atoms with Gasteiger partial charge < -0.3 is 9.40 Å². The number of hydrogen-bond acceptors (Lipinski definition) is 3. The van der Waals surface area contributed by atoms with Crippen molar-refractivity contribution in [3.8, 4) is 0 Å². The second kappa shape index (κ2) is 4.20. The van der Waals surface area contributed by atoms with Gasteiger partial charge in [-0.05, 0) is 30.7 Å². The van der Waals surface area contributed by atoms with E-state index in [1.54, 1.807) is 6.07 Å². The zero-order valence-corrected chi connectivity index (χ0v) is 10.4. The van der Waals surface area contributed by atoms with E-state index in [2.05, 4.69) is 14.9 Å². The predicted molar refractivity (Wildman–Crippen MR) is 64.9 cm³/mol. The fraction of sp³-hybridized carbons (Fsp3) is 0.417. The fourth-order valence-corrected chi connectivity index (χ4v) is 2.45. The molecule has 2 aromatic heterocycles. The third kappa shape index (κ3) is 2.23. The van der Waals surface area contributed by atoms with Crippen molar-refractivity contribution in [1.29, 1.82) is 0 Å². The van der Waals surface area contributed by atoms with E-state index in [4.69, 9.17) is 16.0 Å². The highest BCUT2D eigenvalue weighted by molar-refractivity contribution is 6.28. The summed E-state index contributed by atoms with van der Waals surface area (Å²) in [6.07, 6.45) is 0.994. The highest BCUT2D eigenvalue weighted by Gasteiger charge is 2.20. The topological polar surface area (TPSA) is 45.1 Å². The van der Waals surface area contributed by atoms with E-state index in [0.717, 1.165) is 37.6 Å². The highest BCUT2D eigenvalue weighted by atomic mass is 35.5. The molecule has 1 aliphatic heterocycles. The number of rotatable bonds is 2. The third-order valence-corrected chi connectivity index (χ3v) is 3.24. The molecule has 17 heavy (non-hydrogen) atoms. The van der Waals surface area contributed by atoms with Crippen LogP contribution < -0.4 is 0 Å². The van der Waals surface area contributed by atoms with Gasteiger partial charge in [0, 0.05) is 19.5 Å². The van der Waals surface area contributed by atoms with Crippen molar-refractivity contribution in [2.24, 2.45) is 0 Å². The number of H-pyrrole nitrogens is 1. The maximum absolute atomic E-state index is 5.76. The summed E-state index contributed by atoms with van der Waals surface area (Å²) in [5.41, 5.74) is 2.43. The first-order chi connectivity index (χ1) is 8.20. The number of furan rings is 1. The van der Waals surface area contributed by atoms with E-state index in [-0.39, 0.29) is 0 Å². The second-order valence-corrected chi connectivity index (χ2v) is 4.79. The Hall–Kier alpha value is -1.26. The molecule has 0 atom stereocenters. The summed E-state index contributed by atoms with van der Waals surface area (Å²) in [6, 6.07) is 3.71. The van der Waals surface area contributed by atoms with E-state index in [0.29, 0.717) is 5.22 Å². The maximum Gasteiger partial charge on any atom is 0.193 e. The van der Waals surface area contributed by atoms with Crippen molar-refractivity contribution >= 4 is 11.6 Å². The molecule has 1 N–H and O–H groups in total. The summed E-state index contributed by atoms with van der Waals surface area (Å²) in [5, 5.41) is 0.454. The Kier molecular flexibility index (Phi) is 2.68. The fourth-order valence-electron chi connectivity index (χ4n) is 2.28. The average molecular weight is 252 g/mol. The molecule has 0 spiro atoms. The zero-order valence-electron chi connectivity index (χ0n) is 9.66. The third-order valence-electron chi connectivity index (χ3n) is 3.04. The van der Waals surface area contributed by atoms with Crippen LogP contribution in [0.25, 0.3) is 0 Å². The minimum absolute atomic E-state index is 0.454. The monoisotopic (exact) mass is 251 g/mol. The minimum atomic E-state index is 0.454. The Labute approximate surface area is 105 Å². The minimum Gasteiger partial charge on any atom is -0.448 e. The average Bonchev–Trinajstić information content (AvgIpc) is 2.83. The molecule has 0 amide bonds. The van der Waals surface area contributed by atoms with Gasteiger partial charge in [0.1, 0.15) is 11.6 Å². The summed E-state index contributed by atoms with van der Waals surface area (Å²) in [4.78, 5) is 10.1. The lowest BCUT2D eigenvalue weighted by molar-refractivity contribution is 0.222. The lowest BCUT2D eigenvalue weighted by Gasteiger charge is -2.24. The molecule has 3 rings (SSSR count). The standard InChI is InChI=1S/C12H14ClN3O/c1-8-14-10-4-5-16(7-11(10)15-8)6-9-2-3-12(13)17-9/h2-3H,4-7H2,1H3,(H,14,15). The summed E-state index contributed by atoms with van der Waals surface area (Å²) < 4.78 is 5.38. The van der Waals surface area contributed by atoms with Gasteiger partial charge in [-0.15, -0.1) is 0 Å². The summed E-state index contributed by atoms with van der Waals surface area (Å²) in [5.74, 6) is 1.91. The zero-order chi connectivity index (χ0) is 11.8. The van der Waals surface area contributed by atoms with Crippen LogP contribution in [0.1, 0.15) is 23.0 Å². The van der Waals surface area contributed by atoms with Crippen molar-refractivity contribution in [3.05, 3.63) is 40.3 Å². The van der Waals surface area contributed by atoms with Crippen molar-refractivity contribution in [2.75, 3.05) is 6.54 Å². The number of aryl methyl sites for hydroxylation is 1. The molecule has 3 heterocycles. The van der Waals surface area contributed by atoms with Crippen molar-refractivity contribution in [2.45, 2.75) is 26.4 Å². The van der Waals surface area contributed by atoms with E-state index in [1.165, 1.54) is 11.4 Å². The first kappa shape index (κ1) is 10.9. The van der Waals surface area contributed by atoms with Gasteiger partial charge in [-0.1, -0.05) is 0 Å². The Morgan fingerprint density at radius 1 is 1.53 bits per heavy atom. The van der Waals surface area contributed by atoms with Gasteiger partial charge in [-0.3, -0.25) is 4.90 Å². The van der Waals surface area contributed by atoms with Gasteiger partial charge in [0.2, 0.25) is 0 Å². The quantitative estimate of drug-likeness (QED) is 0.892.